The molecule has 1 fully saturated rings. The van der Waals surface area contributed by atoms with Crippen LogP contribution in [-0.4, -0.2) is 40.7 Å². The van der Waals surface area contributed by atoms with Gasteiger partial charge in [-0.15, -0.1) is 0 Å². The Labute approximate surface area is 199 Å². The monoisotopic (exact) mass is 490 g/mol. The van der Waals surface area contributed by atoms with Gasteiger partial charge in [-0.2, -0.15) is 0 Å². The lowest BCUT2D eigenvalue weighted by Crippen LogP contribution is -2.48. The van der Waals surface area contributed by atoms with Gasteiger partial charge in [-0.25, -0.2) is 8.78 Å². The normalized spacial score (nSPS) is 19.9. The molecule has 2 heterocycles. The van der Waals surface area contributed by atoms with E-state index in [4.69, 9.17) is 16.3 Å². The molecule has 1 spiro atoms. The summed E-state index contributed by atoms with van der Waals surface area (Å²) in [5, 5.41) is 0.222. The number of hydrogen-bond acceptors (Lipinski definition) is 5. The van der Waals surface area contributed by atoms with Crippen molar-refractivity contribution >= 4 is 41.0 Å². The number of amides is 3. The molecule has 0 bridgehead atoms. The molecule has 2 aliphatic heterocycles. The van der Waals surface area contributed by atoms with Crippen molar-refractivity contribution in [3.8, 4) is 0 Å². The lowest BCUT2D eigenvalue weighted by atomic mass is 9.80. The third kappa shape index (κ3) is 3.94. The molecule has 3 amide bonds. The van der Waals surface area contributed by atoms with Gasteiger partial charge in [0.05, 0.1) is 13.0 Å². The second-order valence-corrected chi connectivity index (χ2v) is 9.68. The number of halogens is 3. The van der Waals surface area contributed by atoms with E-state index in [1.165, 1.54) is 18.2 Å². The van der Waals surface area contributed by atoms with Crippen molar-refractivity contribution in [2.24, 2.45) is 0 Å². The van der Waals surface area contributed by atoms with Crippen LogP contribution in [0.3, 0.4) is 0 Å². The number of rotatable bonds is 4. The van der Waals surface area contributed by atoms with Gasteiger partial charge < -0.3 is 4.74 Å². The van der Waals surface area contributed by atoms with E-state index < -0.39 is 65.9 Å². The fraction of sp³-hybridized carbons (Fsp3) is 0.333. The fourth-order valence-electron chi connectivity index (χ4n) is 4.31. The Kier molecular flexibility index (Phi) is 5.72. The smallest absolute Gasteiger partial charge is 0.326 e. The number of nitrogens with zero attached hydrogens (tertiary/aromatic N) is 2. The highest BCUT2D eigenvalue weighted by Crippen LogP contribution is 2.49. The van der Waals surface area contributed by atoms with Gasteiger partial charge in [0.1, 0.15) is 23.8 Å². The van der Waals surface area contributed by atoms with E-state index in [9.17, 15) is 28.0 Å². The molecule has 2 aliphatic rings. The van der Waals surface area contributed by atoms with E-state index in [2.05, 4.69) is 0 Å². The molecule has 0 aromatic heterocycles. The zero-order valence-corrected chi connectivity index (χ0v) is 19.4. The summed E-state index contributed by atoms with van der Waals surface area (Å²) in [4.78, 5) is 54.4. The van der Waals surface area contributed by atoms with Crippen LogP contribution in [0.4, 0.5) is 14.5 Å². The third-order valence-corrected chi connectivity index (χ3v) is 5.93. The topological polar surface area (TPSA) is 84.0 Å². The predicted molar refractivity (Wildman–Crippen MR) is 118 cm³/mol. The highest BCUT2D eigenvalue weighted by atomic mass is 35.5. The number of imide groups is 1. The minimum atomic E-state index is -1.96. The van der Waals surface area contributed by atoms with Crippen LogP contribution < -0.4 is 4.90 Å². The molecule has 0 N–H and O–H groups in total. The maximum absolute atomic E-state index is 14.2. The molecule has 34 heavy (non-hydrogen) atoms. The van der Waals surface area contributed by atoms with Gasteiger partial charge in [0.25, 0.3) is 0 Å². The number of esters is 1. The first kappa shape index (κ1) is 23.8. The number of fused-ring (bicyclic) bond motifs is 2. The Bertz CT molecular complexity index is 1240. The summed E-state index contributed by atoms with van der Waals surface area (Å²) in [5.41, 5.74) is -2.54. The Morgan fingerprint density at radius 3 is 2.41 bits per heavy atom. The number of anilines is 1. The van der Waals surface area contributed by atoms with Gasteiger partial charge in [-0.3, -0.25) is 29.0 Å². The van der Waals surface area contributed by atoms with Crippen molar-refractivity contribution in [3.05, 3.63) is 64.2 Å². The van der Waals surface area contributed by atoms with E-state index in [1.807, 2.05) is 0 Å². The highest BCUT2D eigenvalue weighted by Gasteiger charge is 2.64. The molecule has 0 aliphatic carbocycles. The molecule has 1 unspecified atom stereocenters. The maximum atomic E-state index is 14.2. The Morgan fingerprint density at radius 1 is 1.06 bits per heavy atom. The minimum absolute atomic E-state index is 0.175. The van der Waals surface area contributed by atoms with Gasteiger partial charge in [0, 0.05) is 21.8 Å². The van der Waals surface area contributed by atoms with Gasteiger partial charge in [-0.05, 0) is 57.2 Å². The number of carbonyl (C=O) groups excluding carboxylic acids is 4. The van der Waals surface area contributed by atoms with E-state index in [-0.39, 0.29) is 21.8 Å². The summed E-state index contributed by atoms with van der Waals surface area (Å²) in [6.07, 6.45) is -0.528. The molecule has 2 aromatic rings. The molecule has 2 aromatic carbocycles. The van der Waals surface area contributed by atoms with Crippen molar-refractivity contribution in [3.63, 3.8) is 0 Å². The van der Waals surface area contributed by atoms with Crippen molar-refractivity contribution < 1.29 is 32.7 Å². The molecule has 7 nitrogen and oxygen atoms in total. The fourth-order valence-corrected chi connectivity index (χ4v) is 4.49. The highest BCUT2D eigenvalue weighted by molar-refractivity contribution is 6.32. The summed E-state index contributed by atoms with van der Waals surface area (Å²) in [6.45, 7) is 4.00. The van der Waals surface area contributed by atoms with E-state index in [0.717, 1.165) is 28.0 Å². The lowest BCUT2D eigenvalue weighted by molar-refractivity contribution is -0.154. The van der Waals surface area contributed by atoms with E-state index >= 15 is 0 Å². The summed E-state index contributed by atoms with van der Waals surface area (Å²) < 4.78 is 33.1. The molecule has 0 radical (unpaired) electrons. The van der Waals surface area contributed by atoms with Gasteiger partial charge in [-0.1, -0.05) is 11.6 Å². The van der Waals surface area contributed by atoms with Crippen LogP contribution in [0, 0.1) is 11.6 Å². The summed E-state index contributed by atoms with van der Waals surface area (Å²) >= 11 is 6.14. The number of carbonyl (C=O) groups is 4. The van der Waals surface area contributed by atoms with Crippen LogP contribution in [-0.2, 0) is 35.9 Å². The lowest BCUT2D eigenvalue weighted by Gasteiger charge is -2.24. The van der Waals surface area contributed by atoms with E-state index in [1.54, 1.807) is 20.8 Å². The Morgan fingerprint density at radius 2 is 1.74 bits per heavy atom. The summed E-state index contributed by atoms with van der Waals surface area (Å²) in [5.74, 6) is -4.63. The molecule has 10 heteroatoms. The first-order valence-electron chi connectivity index (χ1n) is 10.5. The second-order valence-electron chi connectivity index (χ2n) is 9.24. The van der Waals surface area contributed by atoms with Crippen LogP contribution >= 0.6 is 11.6 Å². The van der Waals surface area contributed by atoms with Crippen LogP contribution in [0.2, 0.25) is 5.02 Å². The van der Waals surface area contributed by atoms with Gasteiger partial charge in [0.15, 0.2) is 5.41 Å². The minimum Gasteiger partial charge on any atom is -0.459 e. The molecule has 4 rings (SSSR count). The number of hydrogen-bond donors (Lipinski definition) is 0. The van der Waals surface area contributed by atoms with Crippen LogP contribution in [0.5, 0.6) is 0 Å². The maximum Gasteiger partial charge on any atom is 0.326 e. The van der Waals surface area contributed by atoms with Crippen LogP contribution in [0.1, 0.15) is 38.3 Å². The van der Waals surface area contributed by atoms with Gasteiger partial charge in [0.2, 0.25) is 17.7 Å². The van der Waals surface area contributed by atoms with Crippen LogP contribution in [0.15, 0.2) is 36.4 Å². The largest absolute Gasteiger partial charge is 0.459 e. The molecular weight excluding hydrogens is 470 g/mol. The zero-order valence-electron chi connectivity index (χ0n) is 18.7. The van der Waals surface area contributed by atoms with Crippen molar-refractivity contribution in [2.75, 3.05) is 11.4 Å². The predicted octanol–water partition coefficient (Wildman–Crippen LogP) is 3.50. The second kappa shape index (κ2) is 8.16. The van der Waals surface area contributed by atoms with Crippen LogP contribution in [0.25, 0.3) is 0 Å². The standard InChI is InChI=1S/C24H21ClF2N2O5/c1-23(2,3)34-20(31)12-28-18-7-4-14(25)9-16(18)24(21(28)32)10-19(30)29(22(24)33)11-13-8-15(26)5-6-17(13)27/h4-9H,10-12H2,1-3H3. The Balaban J connectivity index is 1.73. The van der Waals surface area contributed by atoms with Gasteiger partial charge >= 0.3 is 5.97 Å². The van der Waals surface area contributed by atoms with Crippen molar-refractivity contribution in [1.29, 1.82) is 0 Å². The average molecular weight is 491 g/mol. The summed E-state index contributed by atoms with van der Waals surface area (Å²) in [6, 6.07) is 7.08. The molecule has 0 saturated carbocycles. The third-order valence-electron chi connectivity index (χ3n) is 5.69. The van der Waals surface area contributed by atoms with Crippen molar-refractivity contribution in [2.45, 2.75) is 44.8 Å². The summed E-state index contributed by atoms with van der Waals surface area (Å²) in [7, 11) is 0. The SMILES string of the molecule is CC(C)(C)OC(=O)CN1C(=O)C2(CC(=O)N(Cc3cc(F)ccc3F)C2=O)c2cc(Cl)ccc21. The quantitative estimate of drug-likeness (QED) is 0.372. The number of ether oxygens (including phenoxy) is 1. The molecule has 1 atom stereocenters. The van der Waals surface area contributed by atoms with E-state index in [0.29, 0.717) is 0 Å². The first-order valence-corrected chi connectivity index (χ1v) is 10.8. The first-order chi connectivity index (χ1) is 15.8. The zero-order chi connectivity index (χ0) is 25.0. The van der Waals surface area contributed by atoms with Crippen molar-refractivity contribution in [1.82, 2.24) is 4.90 Å². The number of likely N-dealkylation sites (tertiary alicyclic amines) is 1. The number of benzene rings is 2. The molecule has 178 valence electrons. The average Bonchev–Trinajstić information content (AvgIpc) is 3.10. The Hall–Kier alpha value is -3.33. The molecular formula is C24H21ClF2N2O5. The molecule has 1 saturated heterocycles.